The van der Waals surface area contributed by atoms with Crippen molar-refractivity contribution in [2.24, 2.45) is 5.92 Å². The molecule has 6 nitrogen and oxygen atoms in total. The molecule has 1 saturated heterocycles. The zero-order valence-electron chi connectivity index (χ0n) is 15.3. The number of carbonyl (C=O) groups is 1. The first-order chi connectivity index (χ1) is 13.6. The third kappa shape index (κ3) is 5.20. The van der Waals surface area contributed by atoms with E-state index in [1.807, 2.05) is 0 Å². The number of methoxy groups -OCH3 is 1. The van der Waals surface area contributed by atoms with Crippen molar-refractivity contribution in [2.45, 2.75) is 12.6 Å². The van der Waals surface area contributed by atoms with Gasteiger partial charge in [0.25, 0.3) is 0 Å². The van der Waals surface area contributed by atoms with Crippen LogP contribution in [0.2, 0.25) is 0 Å². The van der Waals surface area contributed by atoms with E-state index >= 15 is 0 Å². The quantitative estimate of drug-likeness (QED) is 0.780. The van der Waals surface area contributed by atoms with Crippen LogP contribution in [0.25, 0.3) is 0 Å². The Morgan fingerprint density at radius 1 is 1.14 bits per heavy atom. The maximum absolute atomic E-state index is 13.1. The lowest BCUT2D eigenvalue weighted by Gasteiger charge is -2.17. The molecule has 2 aromatic carbocycles. The Kier molecular flexibility index (Phi) is 5.74. The highest BCUT2D eigenvalue weighted by Gasteiger charge is 2.35. The molecule has 1 N–H and O–H groups in total. The Morgan fingerprint density at radius 2 is 1.86 bits per heavy atom. The van der Waals surface area contributed by atoms with E-state index in [0.717, 1.165) is 18.2 Å². The molecule has 1 atom stereocenters. The summed E-state index contributed by atoms with van der Waals surface area (Å²) in [6.07, 6.45) is -4.50. The first-order valence-electron chi connectivity index (χ1n) is 8.62. The Labute approximate surface area is 165 Å². The largest absolute Gasteiger partial charge is 0.497 e. The minimum atomic E-state index is -4.62. The summed E-state index contributed by atoms with van der Waals surface area (Å²) in [5, 5.41) is 2.39. The van der Waals surface area contributed by atoms with Crippen molar-refractivity contribution in [1.29, 1.82) is 0 Å². The predicted molar refractivity (Wildman–Crippen MR) is 99.9 cm³/mol. The molecular weight excluding hydrogens is 411 g/mol. The first kappa shape index (κ1) is 21.0. The highest BCUT2D eigenvalue weighted by atomic mass is 32.2. The molecule has 1 amide bonds. The second kappa shape index (κ2) is 7.94. The highest BCUT2D eigenvalue weighted by Crippen LogP contribution is 2.37. The van der Waals surface area contributed by atoms with E-state index in [-0.39, 0.29) is 29.4 Å². The average Bonchev–Trinajstić information content (AvgIpc) is 3.02. The molecule has 156 valence electrons. The maximum atomic E-state index is 13.1. The van der Waals surface area contributed by atoms with Crippen molar-refractivity contribution in [3.8, 4) is 17.2 Å². The number of anilines is 1. The zero-order valence-corrected chi connectivity index (χ0v) is 16.1. The van der Waals surface area contributed by atoms with E-state index in [1.165, 1.54) is 13.2 Å². The van der Waals surface area contributed by atoms with Gasteiger partial charge >= 0.3 is 6.18 Å². The monoisotopic (exact) mass is 429 g/mol. The molecule has 0 saturated carbocycles. The van der Waals surface area contributed by atoms with E-state index < -0.39 is 33.4 Å². The van der Waals surface area contributed by atoms with Crippen LogP contribution in [0.15, 0.2) is 42.5 Å². The molecule has 1 fully saturated rings. The molecule has 0 spiro atoms. The summed E-state index contributed by atoms with van der Waals surface area (Å²) >= 11 is 0. The molecule has 29 heavy (non-hydrogen) atoms. The molecule has 0 aliphatic carbocycles. The van der Waals surface area contributed by atoms with Gasteiger partial charge in [0.1, 0.15) is 11.5 Å². The smallest absolute Gasteiger partial charge is 0.416 e. The Balaban J connectivity index is 1.90. The molecule has 1 heterocycles. The van der Waals surface area contributed by atoms with Gasteiger partial charge < -0.3 is 14.8 Å². The van der Waals surface area contributed by atoms with Crippen LogP contribution in [0.4, 0.5) is 18.9 Å². The number of amides is 1. The third-order valence-corrected chi connectivity index (χ3v) is 6.20. The van der Waals surface area contributed by atoms with Crippen LogP contribution < -0.4 is 14.8 Å². The van der Waals surface area contributed by atoms with Gasteiger partial charge in [-0.1, -0.05) is 6.07 Å². The molecule has 10 heteroatoms. The summed E-state index contributed by atoms with van der Waals surface area (Å²) in [6.45, 7) is 0. The van der Waals surface area contributed by atoms with Gasteiger partial charge in [-0.25, -0.2) is 8.42 Å². The minimum Gasteiger partial charge on any atom is -0.497 e. The molecule has 1 aliphatic heterocycles. The number of benzene rings is 2. The van der Waals surface area contributed by atoms with Gasteiger partial charge in [0.15, 0.2) is 15.6 Å². The van der Waals surface area contributed by atoms with Crippen LogP contribution in [0.3, 0.4) is 0 Å². The van der Waals surface area contributed by atoms with Crippen molar-refractivity contribution >= 4 is 21.4 Å². The van der Waals surface area contributed by atoms with E-state index in [4.69, 9.17) is 9.47 Å². The van der Waals surface area contributed by atoms with E-state index in [1.54, 1.807) is 18.2 Å². The molecule has 2 aromatic rings. The topological polar surface area (TPSA) is 81.7 Å². The number of sulfone groups is 1. The summed E-state index contributed by atoms with van der Waals surface area (Å²) in [4.78, 5) is 12.4. The highest BCUT2D eigenvalue weighted by molar-refractivity contribution is 7.91. The standard InChI is InChI=1S/C19H18F3NO5S/c1-27-14-3-2-4-15(10-14)28-17-6-5-13(19(20,21)22)9-16(17)23-18(24)12-7-8-29(25,26)11-12/h2-6,9-10,12H,7-8,11H2,1H3,(H,23,24). The lowest BCUT2D eigenvalue weighted by Crippen LogP contribution is -2.24. The average molecular weight is 429 g/mol. The van der Waals surface area contributed by atoms with E-state index in [2.05, 4.69) is 5.32 Å². The normalized spacial score (nSPS) is 18.3. The molecule has 1 unspecified atom stereocenters. The lowest BCUT2D eigenvalue weighted by molar-refractivity contribution is -0.137. The molecule has 0 radical (unpaired) electrons. The number of hydrogen-bond donors (Lipinski definition) is 1. The second-order valence-corrected chi connectivity index (χ2v) is 8.81. The summed E-state index contributed by atoms with van der Waals surface area (Å²) in [5.41, 5.74) is -1.17. The van der Waals surface area contributed by atoms with Crippen LogP contribution in [0.1, 0.15) is 12.0 Å². The van der Waals surface area contributed by atoms with Gasteiger partial charge in [-0.3, -0.25) is 4.79 Å². The van der Waals surface area contributed by atoms with Crippen LogP contribution in [-0.4, -0.2) is 32.9 Å². The van der Waals surface area contributed by atoms with E-state index in [9.17, 15) is 26.4 Å². The zero-order chi connectivity index (χ0) is 21.2. The second-order valence-electron chi connectivity index (χ2n) is 6.58. The van der Waals surface area contributed by atoms with Crippen molar-refractivity contribution in [3.63, 3.8) is 0 Å². The van der Waals surface area contributed by atoms with Gasteiger partial charge in [-0.2, -0.15) is 13.2 Å². The van der Waals surface area contributed by atoms with Crippen molar-refractivity contribution in [1.82, 2.24) is 0 Å². The van der Waals surface area contributed by atoms with Crippen LogP contribution in [0.5, 0.6) is 17.2 Å². The number of rotatable bonds is 5. The fourth-order valence-electron chi connectivity index (χ4n) is 2.92. The van der Waals surface area contributed by atoms with Gasteiger partial charge in [0, 0.05) is 6.07 Å². The van der Waals surface area contributed by atoms with Crippen molar-refractivity contribution < 1.29 is 35.9 Å². The summed E-state index contributed by atoms with van der Waals surface area (Å²) in [7, 11) is -1.86. The number of alkyl halides is 3. The van der Waals surface area contributed by atoms with Crippen molar-refractivity contribution in [3.05, 3.63) is 48.0 Å². The molecule has 3 rings (SSSR count). The third-order valence-electron chi connectivity index (χ3n) is 4.44. The number of ether oxygens (including phenoxy) is 2. The van der Waals surface area contributed by atoms with Crippen LogP contribution >= 0.6 is 0 Å². The minimum absolute atomic E-state index is 0.0135. The summed E-state index contributed by atoms with van der Waals surface area (Å²) in [6, 6.07) is 9.12. The predicted octanol–water partition coefficient (Wildman–Crippen LogP) is 3.88. The van der Waals surface area contributed by atoms with Gasteiger partial charge in [0.2, 0.25) is 5.91 Å². The van der Waals surface area contributed by atoms with E-state index in [0.29, 0.717) is 11.5 Å². The molecule has 0 bridgehead atoms. The molecular formula is C19H18F3NO5S. The SMILES string of the molecule is COc1cccc(Oc2ccc(C(F)(F)F)cc2NC(=O)C2CCS(=O)(=O)C2)c1. The van der Waals surface area contributed by atoms with Crippen molar-refractivity contribution in [2.75, 3.05) is 23.9 Å². The Morgan fingerprint density at radius 3 is 2.48 bits per heavy atom. The first-order valence-corrected chi connectivity index (χ1v) is 10.4. The number of hydrogen-bond acceptors (Lipinski definition) is 5. The fourth-order valence-corrected chi connectivity index (χ4v) is 4.66. The molecule has 0 aromatic heterocycles. The lowest BCUT2D eigenvalue weighted by atomic mass is 10.1. The Hall–Kier alpha value is -2.75. The van der Waals surface area contributed by atoms with Crippen LogP contribution in [-0.2, 0) is 20.8 Å². The van der Waals surface area contributed by atoms with Gasteiger partial charge in [-0.05, 0) is 36.8 Å². The maximum Gasteiger partial charge on any atom is 0.416 e. The fraction of sp³-hybridized carbons (Fsp3) is 0.316. The number of halogens is 3. The summed E-state index contributed by atoms with van der Waals surface area (Å²) in [5.74, 6) is -1.18. The summed E-state index contributed by atoms with van der Waals surface area (Å²) < 4.78 is 73.2. The molecule has 1 aliphatic rings. The Bertz CT molecular complexity index is 1020. The van der Waals surface area contributed by atoms with Gasteiger partial charge in [0.05, 0.1) is 35.8 Å². The number of nitrogens with one attached hydrogen (secondary N) is 1. The van der Waals surface area contributed by atoms with Crippen LogP contribution in [0, 0.1) is 5.92 Å². The number of carbonyl (C=O) groups excluding carboxylic acids is 1. The van der Waals surface area contributed by atoms with Gasteiger partial charge in [-0.15, -0.1) is 0 Å².